The summed E-state index contributed by atoms with van der Waals surface area (Å²) in [5, 5.41) is 3.13. The molecule has 0 amide bonds. The van der Waals surface area contributed by atoms with Crippen molar-refractivity contribution in [1.29, 1.82) is 0 Å². The lowest BCUT2D eigenvalue weighted by Crippen LogP contribution is -2.33. The highest BCUT2D eigenvalue weighted by Gasteiger charge is 1.98. The van der Waals surface area contributed by atoms with Crippen LogP contribution < -0.4 is 11.1 Å². The van der Waals surface area contributed by atoms with Gasteiger partial charge in [-0.2, -0.15) is 0 Å². The molecule has 1 rings (SSSR count). The maximum absolute atomic E-state index is 5.76. The predicted molar refractivity (Wildman–Crippen MR) is 95.1 cm³/mol. The van der Waals surface area contributed by atoms with Crippen molar-refractivity contribution in [3.63, 3.8) is 0 Å². The van der Waals surface area contributed by atoms with Crippen LogP contribution in [-0.2, 0) is 6.42 Å². The van der Waals surface area contributed by atoms with Gasteiger partial charge in [-0.25, -0.2) is 0 Å². The minimum absolute atomic E-state index is 0. The summed E-state index contributed by atoms with van der Waals surface area (Å²) in [7, 11) is 0. The third kappa shape index (κ3) is 8.31. The molecule has 0 bridgehead atoms. The van der Waals surface area contributed by atoms with Crippen LogP contribution in [0, 0.1) is 5.92 Å². The van der Waals surface area contributed by atoms with E-state index in [0.717, 1.165) is 25.9 Å². The Balaban J connectivity index is 0.00000289. The molecule has 0 unspecified atom stereocenters. The van der Waals surface area contributed by atoms with Crippen LogP contribution in [0.2, 0.25) is 0 Å². The van der Waals surface area contributed by atoms with Crippen LogP contribution in [0.4, 0.5) is 0 Å². The van der Waals surface area contributed by atoms with Crippen LogP contribution >= 0.6 is 51.2 Å². The standard InChI is InChI=1S/C12H20BrN3S.HI/c1-9(2)5-7-15-12(14)16-8-6-10-3-4-11(13)17-10;/h3-4,9H,5-8H2,1-2H3,(H3,14,15,16);1H. The van der Waals surface area contributed by atoms with Gasteiger partial charge in [0, 0.05) is 18.0 Å². The molecule has 0 saturated heterocycles. The predicted octanol–water partition coefficient (Wildman–Crippen LogP) is 3.62. The van der Waals surface area contributed by atoms with Crippen molar-refractivity contribution in [1.82, 2.24) is 5.32 Å². The average Bonchev–Trinajstić information content (AvgIpc) is 2.63. The molecule has 0 aliphatic rings. The molecule has 104 valence electrons. The second kappa shape index (κ2) is 10.0. The number of aliphatic imine (C=N–C) groups is 1. The number of nitrogens with zero attached hydrogens (tertiary/aromatic N) is 1. The Morgan fingerprint density at radius 1 is 1.50 bits per heavy atom. The van der Waals surface area contributed by atoms with E-state index in [2.05, 4.69) is 52.2 Å². The van der Waals surface area contributed by atoms with E-state index < -0.39 is 0 Å². The van der Waals surface area contributed by atoms with Crippen LogP contribution in [0.15, 0.2) is 20.9 Å². The van der Waals surface area contributed by atoms with Gasteiger partial charge in [-0.05, 0) is 46.8 Å². The van der Waals surface area contributed by atoms with Gasteiger partial charge >= 0.3 is 0 Å². The van der Waals surface area contributed by atoms with Crippen molar-refractivity contribution in [3.05, 3.63) is 20.8 Å². The zero-order valence-electron chi connectivity index (χ0n) is 10.8. The zero-order valence-corrected chi connectivity index (χ0v) is 15.5. The van der Waals surface area contributed by atoms with E-state index in [1.807, 2.05) is 0 Å². The van der Waals surface area contributed by atoms with Gasteiger partial charge < -0.3 is 11.1 Å². The highest BCUT2D eigenvalue weighted by Crippen LogP contribution is 2.21. The van der Waals surface area contributed by atoms with Crippen LogP contribution in [0.25, 0.3) is 0 Å². The lowest BCUT2D eigenvalue weighted by molar-refractivity contribution is 0.595. The zero-order chi connectivity index (χ0) is 12.7. The van der Waals surface area contributed by atoms with Gasteiger partial charge in [-0.3, -0.25) is 4.99 Å². The Morgan fingerprint density at radius 2 is 2.22 bits per heavy atom. The molecule has 18 heavy (non-hydrogen) atoms. The molecular weight excluding hydrogens is 425 g/mol. The smallest absolute Gasteiger partial charge is 0.188 e. The Kier molecular flexibility index (Phi) is 10.1. The first-order valence-corrected chi connectivity index (χ1v) is 7.47. The normalized spacial score (nSPS) is 11.4. The second-order valence-corrected chi connectivity index (χ2v) is 6.88. The lowest BCUT2D eigenvalue weighted by Gasteiger charge is -2.05. The fraction of sp³-hybridized carbons (Fsp3) is 0.583. The fourth-order valence-electron chi connectivity index (χ4n) is 1.30. The maximum atomic E-state index is 5.76. The van der Waals surface area contributed by atoms with E-state index in [1.54, 1.807) is 11.3 Å². The third-order valence-electron chi connectivity index (χ3n) is 2.29. The Morgan fingerprint density at radius 3 is 2.78 bits per heavy atom. The van der Waals surface area contributed by atoms with Crippen molar-refractivity contribution >= 4 is 57.2 Å². The molecular formula is C12H21BrIN3S. The van der Waals surface area contributed by atoms with E-state index in [1.165, 1.54) is 8.66 Å². The van der Waals surface area contributed by atoms with Gasteiger partial charge in [-0.1, -0.05) is 13.8 Å². The molecule has 1 heterocycles. The van der Waals surface area contributed by atoms with Gasteiger partial charge in [0.2, 0.25) is 0 Å². The molecule has 3 nitrogen and oxygen atoms in total. The highest BCUT2D eigenvalue weighted by atomic mass is 127. The Labute approximate surface area is 139 Å². The van der Waals surface area contributed by atoms with Crippen molar-refractivity contribution < 1.29 is 0 Å². The topological polar surface area (TPSA) is 50.4 Å². The number of hydrogen-bond donors (Lipinski definition) is 2. The molecule has 0 fully saturated rings. The molecule has 1 aromatic rings. The van der Waals surface area contributed by atoms with Crippen molar-refractivity contribution in [2.45, 2.75) is 26.7 Å². The first kappa shape index (κ1) is 18.2. The van der Waals surface area contributed by atoms with E-state index in [0.29, 0.717) is 11.9 Å². The van der Waals surface area contributed by atoms with Crippen LogP contribution in [0.1, 0.15) is 25.1 Å². The Hall–Kier alpha value is 0.180. The van der Waals surface area contributed by atoms with E-state index >= 15 is 0 Å². The minimum atomic E-state index is 0. The van der Waals surface area contributed by atoms with E-state index in [4.69, 9.17) is 5.73 Å². The molecule has 0 aromatic carbocycles. The Bertz CT molecular complexity index is 366. The largest absolute Gasteiger partial charge is 0.370 e. The number of guanidine groups is 1. The lowest BCUT2D eigenvalue weighted by atomic mass is 10.1. The molecule has 0 radical (unpaired) electrons. The maximum Gasteiger partial charge on any atom is 0.188 e. The molecule has 1 aromatic heterocycles. The highest BCUT2D eigenvalue weighted by molar-refractivity contribution is 14.0. The van der Waals surface area contributed by atoms with Gasteiger partial charge in [0.25, 0.3) is 0 Å². The van der Waals surface area contributed by atoms with Crippen molar-refractivity contribution in [3.8, 4) is 0 Å². The van der Waals surface area contributed by atoms with Gasteiger partial charge in [-0.15, -0.1) is 35.3 Å². The molecule has 0 aliphatic heterocycles. The quantitative estimate of drug-likeness (QED) is 0.399. The summed E-state index contributed by atoms with van der Waals surface area (Å²) in [5.74, 6) is 1.23. The summed E-state index contributed by atoms with van der Waals surface area (Å²) in [6, 6.07) is 4.20. The molecule has 3 N–H and O–H groups in total. The van der Waals surface area contributed by atoms with Crippen LogP contribution in [0.3, 0.4) is 0 Å². The second-order valence-electron chi connectivity index (χ2n) is 4.33. The summed E-state index contributed by atoms with van der Waals surface area (Å²) in [6.45, 7) is 6.02. The average molecular weight is 446 g/mol. The number of nitrogens with one attached hydrogen (secondary N) is 1. The molecule has 0 saturated carbocycles. The minimum Gasteiger partial charge on any atom is -0.370 e. The monoisotopic (exact) mass is 445 g/mol. The van der Waals surface area contributed by atoms with Crippen LogP contribution in [0.5, 0.6) is 0 Å². The number of hydrogen-bond acceptors (Lipinski definition) is 2. The van der Waals surface area contributed by atoms with Gasteiger partial charge in [0.05, 0.1) is 3.79 Å². The van der Waals surface area contributed by atoms with E-state index in [-0.39, 0.29) is 24.0 Å². The summed E-state index contributed by atoms with van der Waals surface area (Å²) >= 11 is 5.21. The summed E-state index contributed by atoms with van der Waals surface area (Å²) in [6.07, 6.45) is 2.07. The molecule has 0 spiro atoms. The van der Waals surface area contributed by atoms with Gasteiger partial charge in [0.15, 0.2) is 5.96 Å². The summed E-state index contributed by atoms with van der Waals surface area (Å²) in [5.41, 5.74) is 5.76. The number of thiophene rings is 1. The summed E-state index contributed by atoms with van der Waals surface area (Å²) < 4.78 is 1.17. The van der Waals surface area contributed by atoms with Crippen LogP contribution in [-0.4, -0.2) is 19.0 Å². The fourth-order valence-corrected chi connectivity index (χ4v) is 2.78. The summed E-state index contributed by atoms with van der Waals surface area (Å²) in [4.78, 5) is 5.62. The first-order chi connectivity index (χ1) is 8.08. The van der Waals surface area contributed by atoms with Gasteiger partial charge in [0.1, 0.15) is 0 Å². The van der Waals surface area contributed by atoms with Crippen molar-refractivity contribution in [2.75, 3.05) is 13.1 Å². The molecule has 6 heteroatoms. The number of halogens is 2. The molecule has 0 atom stereocenters. The third-order valence-corrected chi connectivity index (χ3v) is 3.98. The first-order valence-electron chi connectivity index (χ1n) is 5.86. The number of rotatable bonds is 6. The molecule has 0 aliphatic carbocycles. The number of nitrogens with two attached hydrogens (primary N) is 1. The van der Waals surface area contributed by atoms with E-state index in [9.17, 15) is 0 Å². The van der Waals surface area contributed by atoms with Crippen molar-refractivity contribution in [2.24, 2.45) is 16.6 Å². The SMILES string of the molecule is CC(C)CCN=C(N)NCCc1ccc(Br)s1.I.